The minimum atomic E-state index is -1.22. The lowest BCUT2D eigenvalue weighted by Gasteiger charge is -2.44. The van der Waals surface area contributed by atoms with Gasteiger partial charge >= 0.3 is 21.2 Å². The molecular formula is C44H46BI. The van der Waals surface area contributed by atoms with Crippen molar-refractivity contribution in [2.75, 3.05) is 0 Å². The molecule has 0 aromatic heterocycles. The lowest BCUT2D eigenvalue weighted by molar-refractivity contribution is -0.599. The van der Waals surface area contributed by atoms with Crippen LogP contribution in [-0.2, 0) is 12.8 Å². The maximum absolute atomic E-state index is 2.36. The molecule has 2 heteroatoms. The van der Waals surface area contributed by atoms with Crippen LogP contribution in [-0.4, -0.2) is 6.15 Å². The zero-order valence-corrected chi connectivity index (χ0v) is 29.5. The van der Waals surface area contributed by atoms with Gasteiger partial charge in [0, 0.05) is 11.1 Å². The van der Waals surface area contributed by atoms with Crippen LogP contribution >= 0.6 is 0 Å². The molecule has 0 radical (unpaired) electrons. The van der Waals surface area contributed by atoms with E-state index in [1.54, 1.807) is 18.3 Å². The van der Waals surface area contributed by atoms with Gasteiger partial charge in [0.05, 0.1) is 0 Å². The summed E-state index contributed by atoms with van der Waals surface area (Å²) in [4.78, 5) is 0. The standard InChI is InChI=1S/C24H20B.C20H26I/c1-5-13-21(14-6-1)25(22-15-7-2-8-16-22,23-17-9-3-10-18-23)24-19-11-4-12-20-24;1-3-5-11-17-13-7-9-15-19(17)21-20-16-10-8-14-18(20)12-6-4-2/h1-20H;7-10,13-16H,3-6,11-12H2,1-2H3/q-1;+1. The van der Waals surface area contributed by atoms with Crippen molar-refractivity contribution in [1.82, 2.24) is 0 Å². The molecule has 232 valence electrons. The van der Waals surface area contributed by atoms with E-state index in [4.69, 9.17) is 0 Å². The third-order valence-electron chi connectivity index (χ3n) is 8.92. The van der Waals surface area contributed by atoms with E-state index in [0.29, 0.717) is 0 Å². The Hall–Kier alpha value is -3.89. The smallest absolute Gasteiger partial charge is 0.195 e. The Kier molecular flexibility index (Phi) is 12.9. The SMILES string of the molecule is CCCCc1ccccc1[I+]c1ccccc1CCCC.c1ccc([B-](c2ccccc2)(c2ccccc2)c2ccccc2)cc1. The third kappa shape index (κ3) is 8.28. The predicted molar refractivity (Wildman–Crippen MR) is 198 cm³/mol. The molecule has 0 spiro atoms. The zero-order chi connectivity index (χ0) is 31.9. The largest absolute Gasteiger partial charge is 0.358 e. The predicted octanol–water partition coefficient (Wildman–Crippen LogP) is 5.56. The summed E-state index contributed by atoms with van der Waals surface area (Å²) < 4.78 is 3.24. The molecule has 0 atom stereocenters. The van der Waals surface area contributed by atoms with Crippen LogP contribution in [0.5, 0.6) is 0 Å². The van der Waals surface area contributed by atoms with Crippen molar-refractivity contribution >= 4 is 28.0 Å². The number of halogens is 1. The number of rotatable bonds is 12. The summed E-state index contributed by atoms with van der Waals surface area (Å²) in [5.41, 5.74) is 8.52. The minimum absolute atomic E-state index is 0.0502. The van der Waals surface area contributed by atoms with Crippen LogP contribution < -0.4 is 43.1 Å². The van der Waals surface area contributed by atoms with Gasteiger partial charge in [0.2, 0.25) is 0 Å². The Morgan fingerprint density at radius 1 is 0.370 bits per heavy atom. The summed E-state index contributed by atoms with van der Waals surface area (Å²) in [6.45, 7) is 4.55. The van der Waals surface area contributed by atoms with Gasteiger partial charge in [-0.2, -0.15) is 21.9 Å². The van der Waals surface area contributed by atoms with Gasteiger partial charge in [-0.3, -0.25) is 0 Å². The van der Waals surface area contributed by atoms with Crippen molar-refractivity contribution < 1.29 is 21.2 Å². The number of benzene rings is 6. The first kappa shape index (κ1) is 33.5. The molecule has 0 heterocycles. The Labute approximate surface area is 288 Å². The van der Waals surface area contributed by atoms with Gasteiger partial charge in [0.15, 0.2) is 7.14 Å². The molecule has 6 aromatic rings. The highest BCUT2D eigenvalue weighted by Crippen LogP contribution is 2.10. The topological polar surface area (TPSA) is 0 Å². The van der Waals surface area contributed by atoms with Crippen molar-refractivity contribution in [1.29, 1.82) is 0 Å². The van der Waals surface area contributed by atoms with E-state index < -0.39 is 6.15 Å². The van der Waals surface area contributed by atoms with Gasteiger partial charge in [-0.05, 0) is 37.8 Å². The maximum Gasteiger partial charge on any atom is 0.358 e. The van der Waals surface area contributed by atoms with E-state index in [1.165, 1.54) is 60.4 Å². The minimum Gasteiger partial charge on any atom is -0.195 e. The summed E-state index contributed by atoms with van der Waals surface area (Å²) in [5, 5.41) is 0. The molecule has 0 saturated carbocycles. The average molecular weight is 713 g/mol. The van der Waals surface area contributed by atoms with Crippen LogP contribution in [0.1, 0.15) is 50.7 Å². The number of hydrogen-bond acceptors (Lipinski definition) is 0. The van der Waals surface area contributed by atoms with Crippen LogP contribution in [0.3, 0.4) is 0 Å². The van der Waals surface area contributed by atoms with E-state index in [1.807, 2.05) is 0 Å². The zero-order valence-electron chi connectivity index (χ0n) is 27.4. The van der Waals surface area contributed by atoms with Crippen molar-refractivity contribution in [3.05, 3.63) is 188 Å². The first-order chi connectivity index (χ1) is 22.8. The van der Waals surface area contributed by atoms with Crippen molar-refractivity contribution in [3.63, 3.8) is 0 Å². The lowest BCUT2D eigenvalue weighted by atomic mass is 9.13. The van der Waals surface area contributed by atoms with E-state index >= 15 is 0 Å². The van der Waals surface area contributed by atoms with Gasteiger partial charge in [-0.25, -0.2) is 0 Å². The van der Waals surface area contributed by atoms with Crippen molar-refractivity contribution in [3.8, 4) is 0 Å². The molecule has 0 aliphatic rings. The van der Waals surface area contributed by atoms with Gasteiger partial charge in [0.1, 0.15) is 6.15 Å². The average Bonchev–Trinajstić information content (AvgIpc) is 3.13. The van der Waals surface area contributed by atoms with E-state index in [-0.39, 0.29) is 21.2 Å². The molecule has 6 aromatic carbocycles. The van der Waals surface area contributed by atoms with Crippen LogP contribution in [0.2, 0.25) is 0 Å². The Balaban J connectivity index is 0.000000184. The van der Waals surface area contributed by atoms with Crippen LogP contribution in [0.15, 0.2) is 170 Å². The fourth-order valence-corrected chi connectivity index (χ4v) is 9.54. The molecule has 0 aliphatic heterocycles. The number of unbranched alkanes of at least 4 members (excludes halogenated alkanes) is 2. The highest BCUT2D eigenvalue weighted by Gasteiger charge is 2.31. The summed E-state index contributed by atoms with van der Waals surface area (Å²) in [6, 6.07) is 61.7. The molecule has 6 rings (SSSR count). The van der Waals surface area contributed by atoms with Gasteiger partial charge in [-0.1, -0.05) is 184 Å². The summed E-state index contributed by atoms with van der Waals surface area (Å²) in [5.74, 6) is 0. The second kappa shape index (κ2) is 17.7. The second-order valence-corrected chi connectivity index (χ2v) is 14.9. The van der Waals surface area contributed by atoms with Crippen molar-refractivity contribution in [2.45, 2.75) is 52.4 Å². The number of aryl methyl sites for hydroxylation is 2. The van der Waals surface area contributed by atoms with E-state index in [0.717, 1.165) is 0 Å². The van der Waals surface area contributed by atoms with E-state index in [2.05, 4.69) is 184 Å². The molecule has 0 aliphatic carbocycles. The van der Waals surface area contributed by atoms with Crippen molar-refractivity contribution in [2.24, 2.45) is 0 Å². The van der Waals surface area contributed by atoms with Crippen LogP contribution in [0, 0.1) is 7.14 Å². The molecule has 46 heavy (non-hydrogen) atoms. The Morgan fingerprint density at radius 3 is 0.957 bits per heavy atom. The maximum atomic E-state index is 2.36. The van der Waals surface area contributed by atoms with Gasteiger partial charge in [0.25, 0.3) is 0 Å². The molecule has 0 bridgehead atoms. The molecule has 0 unspecified atom stereocenters. The van der Waals surface area contributed by atoms with E-state index in [9.17, 15) is 0 Å². The summed E-state index contributed by atoms with van der Waals surface area (Å²) >= 11 is -0.0502. The fraction of sp³-hybridized carbons (Fsp3) is 0.182. The van der Waals surface area contributed by atoms with Crippen LogP contribution in [0.4, 0.5) is 0 Å². The third-order valence-corrected chi connectivity index (χ3v) is 12.2. The molecule has 0 fully saturated rings. The highest BCUT2D eigenvalue weighted by atomic mass is 127. The first-order valence-corrected chi connectivity index (χ1v) is 19.1. The highest BCUT2D eigenvalue weighted by molar-refractivity contribution is 7.19. The van der Waals surface area contributed by atoms with Gasteiger partial charge in [-0.15, -0.1) is 0 Å². The molecule has 0 nitrogen and oxygen atoms in total. The summed E-state index contributed by atoms with van der Waals surface area (Å²) in [7, 11) is 0. The van der Waals surface area contributed by atoms with Gasteiger partial charge < -0.3 is 0 Å². The normalized spacial score (nSPS) is 11.0. The molecule has 0 saturated heterocycles. The van der Waals surface area contributed by atoms with Crippen LogP contribution in [0.25, 0.3) is 0 Å². The lowest BCUT2D eigenvalue weighted by Crippen LogP contribution is -3.62. The Bertz CT molecular complexity index is 1500. The molecule has 0 amide bonds. The second-order valence-electron chi connectivity index (χ2n) is 12.0. The molecule has 0 N–H and O–H groups in total. The monoisotopic (exact) mass is 712 g/mol. The quantitative estimate of drug-likeness (QED) is 0.115. The molecular weight excluding hydrogens is 666 g/mol. The summed E-state index contributed by atoms with van der Waals surface area (Å²) in [6.07, 6.45) is 6.43. The Morgan fingerprint density at radius 2 is 0.652 bits per heavy atom. The fourth-order valence-electron chi connectivity index (χ4n) is 6.55. The first-order valence-electron chi connectivity index (χ1n) is 17.0. The number of hydrogen-bond donors (Lipinski definition) is 0.